The zero-order chi connectivity index (χ0) is 12.3. The molecule has 1 aromatic rings. The van der Waals surface area contributed by atoms with Crippen molar-refractivity contribution in [3.05, 3.63) is 23.2 Å². The standard InChI is InChI=1S/C9H13ClN2O3S/c1-6(13)5-12-16(14,15)9-3-2-7(11)4-8(9)10/h2-4,6,12-13H,5,11H2,1H3. The molecule has 0 aromatic heterocycles. The highest BCUT2D eigenvalue weighted by molar-refractivity contribution is 7.89. The van der Waals surface area contributed by atoms with Crippen molar-refractivity contribution in [2.45, 2.75) is 17.9 Å². The molecule has 0 saturated carbocycles. The molecule has 0 heterocycles. The van der Waals surface area contributed by atoms with Gasteiger partial charge in [-0.2, -0.15) is 0 Å². The predicted octanol–water partition coefficient (Wildman–Crippen LogP) is 0.581. The lowest BCUT2D eigenvalue weighted by molar-refractivity contribution is 0.198. The molecule has 0 aliphatic carbocycles. The van der Waals surface area contributed by atoms with Gasteiger partial charge in [-0.1, -0.05) is 11.6 Å². The van der Waals surface area contributed by atoms with E-state index >= 15 is 0 Å². The van der Waals surface area contributed by atoms with Crippen LogP contribution in [0.2, 0.25) is 5.02 Å². The number of hydrogen-bond acceptors (Lipinski definition) is 4. The molecular formula is C9H13ClN2O3S. The van der Waals surface area contributed by atoms with Crippen molar-refractivity contribution in [1.82, 2.24) is 4.72 Å². The van der Waals surface area contributed by atoms with Gasteiger partial charge in [-0.3, -0.25) is 0 Å². The molecule has 0 radical (unpaired) electrons. The van der Waals surface area contributed by atoms with Crippen molar-refractivity contribution in [2.24, 2.45) is 0 Å². The Balaban J connectivity index is 2.99. The summed E-state index contributed by atoms with van der Waals surface area (Å²) in [6.07, 6.45) is -0.762. The van der Waals surface area contributed by atoms with Crippen LogP contribution >= 0.6 is 11.6 Å². The summed E-state index contributed by atoms with van der Waals surface area (Å²) in [5, 5.41) is 9.05. The summed E-state index contributed by atoms with van der Waals surface area (Å²) in [5.41, 5.74) is 5.84. The Morgan fingerprint density at radius 2 is 2.19 bits per heavy atom. The molecule has 0 bridgehead atoms. The summed E-state index contributed by atoms with van der Waals surface area (Å²) in [4.78, 5) is -0.0518. The molecule has 0 aliphatic rings. The van der Waals surface area contributed by atoms with Gasteiger partial charge in [0.25, 0.3) is 0 Å². The Bertz CT molecular complexity index is 474. The van der Waals surface area contributed by atoms with Gasteiger partial charge in [0.15, 0.2) is 0 Å². The van der Waals surface area contributed by atoms with Gasteiger partial charge < -0.3 is 10.8 Å². The molecule has 1 rings (SSSR count). The molecule has 90 valence electrons. The maximum absolute atomic E-state index is 11.7. The fourth-order valence-corrected chi connectivity index (χ4v) is 2.72. The van der Waals surface area contributed by atoms with Crippen LogP contribution in [-0.4, -0.2) is 26.2 Å². The fraction of sp³-hybridized carbons (Fsp3) is 0.333. The number of halogens is 1. The smallest absolute Gasteiger partial charge is 0.242 e. The quantitative estimate of drug-likeness (QED) is 0.694. The van der Waals surface area contributed by atoms with Crippen molar-refractivity contribution in [3.63, 3.8) is 0 Å². The predicted molar refractivity (Wildman–Crippen MR) is 62.7 cm³/mol. The lowest BCUT2D eigenvalue weighted by atomic mass is 10.3. The molecule has 0 fully saturated rings. The number of anilines is 1. The zero-order valence-corrected chi connectivity index (χ0v) is 10.2. The normalized spacial score (nSPS) is 13.7. The number of hydrogen-bond donors (Lipinski definition) is 3. The second kappa shape index (κ2) is 5.01. The van der Waals surface area contributed by atoms with E-state index in [1.54, 1.807) is 0 Å². The first kappa shape index (κ1) is 13.2. The average Bonchev–Trinajstić information content (AvgIpc) is 2.14. The number of nitrogens with two attached hydrogens (primary N) is 1. The number of aliphatic hydroxyl groups excluding tert-OH is 1. The van der Waals surface area contributed by atoms with E-state index in [1.807, 2.05) is 0 Å². The molecule has 1 unspecified atom stereocenters. The third-order valence-electron chi connectivity index (χ3n) is 1.81. The highest BCUT2D eigenvalue weighted by Gasteiger charge is 2.17. The van der Waals surface area contributed by atoms with Crippen LogP contribution in [0.25, 0.3) is 0 Å². The Morgan fingerprint density at radius 3 is 2.69 bits per heavy atom. The molecule has 16 heavy (non-hydrogen) atoms. The largest absolute Gasteiger partial charge is 0.399 e. The van der Waals surface area contributed by atoms with Gasteiger partial charge in [0.1, 0.15) is 4.90 Å². The molecular weight excluding hydrogens is 252 g/mol. The number of aliphatic hydroxyl groups is 1. The molecule has 0 spiro atoms. The maximum atomic E-state index is 11.7. The second-order valence-corrected chi connectivity index (χ2v) is 5.53. The van der Waals surface area contributed by atoms with E-state index in [4.69, 9.17) is 22.4 Å². The Morgan fingerprint density at radius 1 is 1.56 bits per heavy atom. The first-order valence-corrected chi connectivity index (χ1v) is 6.42. The summed E-state index contributed by atoms with van der Waals surface area (Å²) in [7, 11) is -3.70. The first-order valence-electron chi connectivity index (χ1n) is 4.55. The van der Waals surface area contributed by atoms with E-state index in [1.165, 1.54) is 25.1 Å². The van der Waals surface area contributed by atoms with Crippen LogP contribution in [0.4, 0.5) is 5.69 Å². The molecule has 5 nitrogen and oxygen atoms in total. The summed E-state index contributed by atoms with van der Waals surface area (Å²) >= 11 is 5.77. The minimum absolute atomic E-state index is 0.0518. The Hall–Kier alpha value is -0.820. The van der Waals surface area contributed by atoms with Gasteiger partial charge in [-0.25, -0.2) is 13.1 Å². The Kier molecular flexibility index (Phi) is 4.15. The summed E-state index contributed by atoms with van der Waals surface area (Å²) < 4.78 is 25.7. The van der Waals surface area contributed by atoms with Gasteiger partial charge >= 0.3 is 0 Å². The highest BCUT2D eigenvalue weighted by atomic mass is 35.5. The van der Waals surface area contributed by atoms with E-state index in [2.05, 4.69) is 4.72 Å². The van der Waals surface area contributed by atoms with E-state index in [0.717, 1.165) is 0 Å². The second-order valence-electron chi connectivity index (χ2n) is 3.39. The molecule has 0 saturated heterocycles. The number of nitrogen functional groups attached to an aromatic ring is 1. The zero-order valence-electron chi connectivity index (χ0n) is 8.64. The number of sulfonamides is 1. The van der Waals surface area contributed by atoms with Crippen LogP contribution in [0.15, 0.2) is 23.1 Å². The first-order chi connectivity index (χ1) is 7.33. The molecule has 0 amide bonds. The highest BCUT2D eigenvalue weighted by Crippen LogP contribution is 2.23. The van der Waals surface area contributed by atoms with Crippen molar-refractivity contribution in [1.29, 1.82) is 0 Å². The lowest BCUT2D eigenvalue weighted by Crippen LogP contribution is -2.30. The summed E-state index contributed by atoms with van der Waals surface area (Å²) in [6.45, 7) is 1.41. The van der Waals surface area contributed by atoms with Crippen LogP contribution in [0.5, 0.6) is 0 Å². The van der Waals surface area contributed by atoms with Crippen LogP contribution in [0.1, 0.15) is 6.92 Å². The van der Waals surface area contributed by atoms with Crippen LogP contribution in [0.3, 0.4) is 0 Å². The van der Waals surface area contributed by atoms with Crippen LogP contribution in [-0.2, 0) is 10.0 Å². The summed E-state index contributed by atoms with van der Waals surface area (Å²) in [6, 6.07) is 4.13. The Labute approximate surface area is 99.3 Å². The van der Waals surface area contributed by atoms with Gasteiger partial charge in [0.05, 0.1) is 11.1 Å². The molecule has 7 heteroatoms. The van der Waals surface area contributed by atoms with Crippen molar-refractivity contribution >= 4 is 27.3 Å². The van der Waals surface area contributed by atoms with E-state index in [-0.39, 0.29) is 16.5 Å². The number of rotatable bonds is 4. The van der Waals surface area contributed by atoms with Gasteiger partial charge in [-0.05, 0) is 25.1 Å². The van der Waals surface area contributed by atoms with Gasteiger partial charge in [-0.15, -0.1) is 0 Å². The fourth-order valence-electron chi connectivity index (χ4n) is 1.04. The van der Waals surface area contributed by atoms with Crippen LogP contribution < -0.4 is 10.5 Å². The minimum Gasteiger partial charge on any atom is -0.399 e. The molecule has 4 N–H and O–H groups in total. The minimum atomic E-state index is -3.70. The van der Waals surface area contributed by atoms with E-state index in [0.29, 0.717) is 5.69 Å². The molecule has 0 aliphatic heterocycles. The van der Waals surface area contributed by atoms with Gasteiger partial charge in [0, 0.05) is 12.2 Å². The average molecular weight is 265 g/mol. The van der Waals surface area contributed by atoms with Crippen LogP contribution in [0, 0.1) is 0 Å². The lowest BCUT2D eigenvalue weighted by Gasteiger charge is -2.09. The van der Waals surface area contributed by atoms with Gasteiger partial charge in [0.2, 0.25) is 10.0 Å². The van der Waals surface area contributed by atoms with E-state index in [9.17, 15) is 8.42 Å². The summed E-state index contributed by atoms with van der Waals surface area (Å²) in [5.74, 6) is 0. The molecule has 1 atom stereocenters. The van der Waals surface area contributed by atoms with Crippen molar-refractivity contribution in [3.8, 4) is 0 Å². The maximum Gasteiger partial charge on any atom is 0.242 e. The third kappa shape index (κ3) is 3.34. The number of benzene rings is 1. The third-order valence-corrected chi connectivity index (χ3v) is 3.72. The molecule has 1 aromatic carbocycles. The monoisotopic (exact) mass is 264 g/mol. The topological polar surface area (TPSA) is 92.4 Å². The van der Waals surface area contributed by atoms with Crippen molar-refractivity contribution in [2.75, 3.05) is 12.3 Å². The number of nitrogens with one attached hydrogen (secondary N) is 1. The van der Waals surface area contributed by atoms with E-state index < -0.39 is 16.1 Å². The van der Waals surface area contributed by atoms with Crippen molar-refractivity contribution < 1.29 is 13.5 Å². The SMILES string of the molecule is CC(O)CNS(=O)(=O)c1ccc(N)cc1Cl.